The van der Waals surface area contributed by atoms with Gasteiger partial charge in [0.15, 0.2) is 23.2 Å². The van der Waals surface area contributed by atoms with Crippen LogP contribution in [0.1, 0.15) is 51.5 Å². The van der Waals surface area contributed by atoms with Gasteiger partial charge in [0.05, 0.1) is 6.26 Å². The Labute approximate surface area is 168 Å². The molecule has 0 N–H and O–H groups in total. The Bertz CT molecular complexity index is 946. The van der Waals surface area contributed by atoms with Crippen LogP contribution < -0.4 is 4.74 Å². The molecule has 1 unspecified atom stereocenters. The van der Waals surface area contributed by atoms with Gasteiger partial charge in [0.25, 0.3) is 0 Å². The topological polar surface area (TPSA) is 9.23 Å². The molecule has 0 heterocycles. The molecule has 2 aromatic rings. The normalized spacial score (nSPS) is 16.9. The molecule has 2 aromatic carbocycles. The molecule has 0 saturated carbocycles. The van der Waals surface area contributed by atoms with Gasteiger partial charge >= 0.3 is 0 Å². The van der Waals surface area contributed by atoms with Gasteiger partial charge in [-0.2, -0.15) is 4.39 Å². The molecule has 29 heavy (non-hydrogen) atoms. The van der Waals surface area contributed by atoms with Crippen LogP contribution in [0.3, 0.4) is 0 Å². The third-order valence-electron chi connectivity index (χ3n) is 5.31. The van der Waals surface area contributed by atoms with Crippen molar-refractivity contribution in [2.24, 2.45) is 5.92 Å². The fourth-order valence-electron chi connectivity index (χ4n) is 3.78. The summed E-state index contributed by atoms with van der Waals surface area (Å²) >= 11 is 0. The maximum Gasteiger partial charge on any atom is 0.201 e. The first kappa shape index (κ1) is 21.2. The summed E-state index contributed by atoms with van der Waals surface area (Å²) < 4.78 is 63.2. The van der Waals surface area contributed by atoms with Gasteiger partial charge in [-0.3, -0.25) is 0 Å². The molecule has 0 saturated heterocycles. The highest BCUT2D eigenvalue weighted by Gasteiger charge is 2.23. The standard InChI is InChI=1S/C24H24F4O/c1-3-5-15-6-8-16(9-7-15)17-10-11-18(22(26)21(17)25)19-12-13-20(29-14-4-2)24(28)23(19)27/h4,8,10-15H,3,5-7,9H2,1-2H3. The Kier molecular flexibility index (Phi) is 6.78. The Balaban J connectivity index is 1.94. The van der Waals surface area contributed by atoms with Crippen molar-refractivity contribution in [1.82, 2.24) is 0 Å². The van der Waals surface area contributed by atoms with Gasteiger partial charge in [0.2, 0.25) is 5.82 Å². The van der Waals surface area contributed by atoms with Gasteiger partial charge in [0.1, 0.15) is 0 Å². The molecule has 1 aliphatic rings. The molecule has 3 rings (SSSR count). The molecule has 1 nitrogen and oxygen atoms in total. The second-order valence-corrected chi connectivity index (χ2v) is 7.27. The number of allylic oxidation sites excluding steroid dienone is 3. The second-order valence-electron chi connectivity index (χ2n) is 7.27. The highest BCUT2D eigenvalue weighted by molar-refractivity contribution is 5.72. The van der Waals surface area contributed by atoms with E-state index in [-0.39, 0.29) is 22.4 Å². The van der Waals surface area contributed by atoms with Crippen LogP contribution in [-0.4, -0.2) is 0 Å². The molecule has 1 atom stereocenters. The van der Waals surface area contributed by atoms with E-state index in [1.165, 1.54) is 36.6 Å². The van der Waals surface area contributed by atoms with Crippen molar-refractivity contribution in [2.45, 2.75) is 46.0 Å². The van der Waals surface area contributed by atoms with Crippen LogP contribution in [0.2, 0.25) is 0 Å². The van der Waals surface area contributed by atoms with Crippen LogP contribution in [0.25, 0.3) is 16.7 Å². The van der Waals surface area contributed by atoms with E-state index in [0.29, 0.717) is 12.3 Å². The zero-order valence-electron chi connectivity index (χ0n) is 16.6. The van der Waals surface area contributed by atoms with Gasteiger partial charge < -0.3 is 4.74 Å². The Morgan fingerprint density at radius 2 is 1.55 bits per heavy atom. The fourth-order valence-corrected chi connectivity index (χ4v) is 3.78. The summed E-state index contributed by atoms with van der Waals surface area (Å²) in [4.78, 5) is 0. The lowest BCUT2D eigenvalue weighted by molar-refractivity contribution is 0.415. The summed E-state index contributed by atoms with van der Waals surface area (Å²) in [5.74, 6) is -4.48. The summed E-state index contributed by atoms with van der Waals surface area (Å²) in [5, 5.41) is 0. The van der Waals surface area contributed by atoms with E-state index in [9.17, 15) is 17.6 Å². The fraction of sp³-hybridized carbons (Fsp3) is 0.333. The molecule has 154 valence electrons. The number of ether oxygens (including phenoxy) is 1. The van der Waals surface area contributed by atoms with Crippen molar-refractivity contribution in [3.8, 4) is 16.9 Å². The third kappa shape index (κ3) is 4.39. The van der Waals surface area contributed by atoms with Gasteiger partial charge in [-0.15, -0.1) is 0 Å². The average Bonchev–Trinajstić information content (AvgIpc) is 2.73. The molecule has 0 radical (unpaired) electrons. The zero-order valence-corrected chi connectivity index (χ0v) is 16.6. The largest absolute Gasteiger partial charge is 0.462 e. The first-order chi connectivity index (χ1) is 14.0. The summed E-state index contributed by atoms with van der Waals surface area (Å²) in [7, 11) is 0. The highest BCUT2D eigenvalue weighted by atomic mass is 19.2. The molecule has 0 aliphatic heterocycles. The number of hydrogen-bond acceptors (Lipinski definition) is 1. The van der Waals surface area contributed by atoms with E-state index in [0.717, 1.165) is 31.3 Å². The smallest absolute Gasteiger partial charge is 0.201 e. The highest BCUT2D eigenvalue weighted by Crippen LogP contribution is 2.37. The Hall–Kier alpha value is -2.56. The first-order valence-corrected chi connectivity index (χ1v) is 9.91. The average molecular weight is 404 g/mol. The second kappa shape index (κ2) is 9.29. The zero-order chi connectivity index (χ0) is 21.0. The summed E-state index contributed by atoms with van der Waals surface area (Å²) in [6.07, 6.45) is 9.38. The molecule has 0 bridgehead atoms. The monoisotopic (exact) mass is 404 g/mol. The van der Waals surface area contributed by atoms with Crippen molar-refractivity contribution in [1.29, 1.82) is 0 Å². The minimum atomic E-state index is -1.28. The molecular formula is C24H24F4O. The van der Waals surface area contributed by atoms with Crippen molar-refractivity contribution in [3.05, 3.63) is 71.5 Å². The molecule has 1 aliphatic carbocycles. The molecule has 0 spiro atoms. The first-order valence-electron chi connectivity index (χ1n) is 9.91. The van der Waals surface area contributed by atoms with Crippen LogP contribution in [-0.2, 0) is 0 Å². The maximum atomic E-state index is 14.8. The lowest BCUT2D eigenvalue weighted by Gasteiger charge is -2.22. The lowest BCUT2D eigenvalue weighted by atomic mass is 9.84. The molecular weight excluding hydrogens is 380 g/mol. The third-order valence-corrected chi connectivity index (χ3v) is 5.31. The molecule has 5 heteroatoms. The predicted octanol–water partition coefficient (Wildman–Crippen LogP) is 7.81. The summed E-state index contributed by atoms with van der Waals surface area (Å²) in [6.45, 7) is 3.79. The van der Waals surface area contributed by atoms with E-state index in [1.807, 2.05) is 6.08 Å². The minimum Gasteiger partial charge on any atom is -0.462 e. The molecule has 0 amide bonds. The number of benzene rings is 2. The van der Waals surface area contributed by atoms with Crippen molar-refractivity contribution in [2.75, 3.05) is 0 Å². The van der Waals surface area contributed by atoms with E-state index >= 15 is 0 Å². The van der Waals surface area contributed by atoms with E-state index in [1.54, 1.807) is 6.92 Å². The molecule has 0 aromatic heterocycles. The lowest BCUT2D eigenvalue weighted by Crippen LogP contribution is -2.07. The van der Waals surface area contributed by atoms with Crippen LogP contribution >= 0.6 is 0 Å². The SMILES string of the molecule is CC=COc1ccc(-c2ccc(C3=CCC(CCC)CC3)c(F)c2F)c(F)c1F. The van der Waals surface area contributed by atoms with Crippen LogP contribution in [0.4, 0.5) is 17.6 Å². The van der Waals surface area contributed by atoms with E-state index in [2.05, 4.69) is 6.92 Å². The maximum absolute atomic E-state index is 14.8. The summed E-state index contributed by atoms with van der Waals surface area (Å²) in [6, 6.07) is 5.12. The van der Waals surface area contributed by atoms with E-state index in [4.69, 9.17) is 4.74 Å². The van der Waals surface area contributed by atoms with Gasteiger partial charge in [-0.1, -0.05) is 44.1 Å². The van der Waals surface area contributed by atoms with E-state index < -0.39 is 23.3 Å². The Morgan fingerprint density at radius 1 is 0.931 bits per heavy atom. The Morgan fingerprint density at radius 3 is 2.17 bits per heavy atom. The number of hydrogen-bond donors (Lipinski definition) is 0. The van der Waals surface area contributed by atoms with Gasteiger partial charge in [-0.25, -0.2) is 13.2 Å². The minimum absolute atomic E-state index is 0.190. The van der Waals surface area contributed by atoms with Crippen LogP contribution in [0.5, 0.6) is 5.75 Å². The number of rotatable bonds is 6. The quantitative estimate of drug-likeness (QED) is 0.352. The van der Waals surface area contributed by atoms with Crippen LogP contribution in [0.15, 0.2) is 42.7 Å². The predicted molar refractivity (Wildman–Crippen MR) is 107 cm³/mol. The van der Waals surface area contributed by atoms with Gasteiger partial charge in [-0.05, 0) is 49.8 Å². The van der Waals surface area contributed by atoms with Crippen molar-refractivity contribution >= 4 is 5.57 Å². The van der Waals surface area contributed by atoms with Crippen LogP contribution in [0, 0.1) is 29.2 Å². The van der Waals surface area contributed by atoms with Crippen molar-refractivity contribution < 1.29 is 22.3 Å². The van der Waals surface area contributed by atoms with Crippen molar-refractivity contribution in [3.63, 3.8) is 0 Å². The number of halogens is 4. The molecule has 0 fully saturated rings. The summed E-state index contributed by atoms with van der Waals surface area (Å²) in [5.41, 5.74) is 0.289. The van der Waals surface area contributed by atoms with Gasteiger partial charge in [0, 0.05) is 16.7 Å².